The van der Waals surface area contributed by atoms with E-state index in [9.17, 15) is 9.18 Å². The van der Waals surface area contributed by atoms with Crippen LogP contribution in [0.4, 0.5) is 10.2 Å². The van der Waals surface area contributed by atoms with Crippen molar-refractivity contribution >= 4 is 17.4 Å². The summed E-state index contributed by atoms with van der Waals surface area (Å²) < 4.78 is 21.6. The summed E-state index contributed by atoms with van der Waals surface area (Å²) in [6.07, 6.45) is 4.99. The van der Waals surface area contributed by atoms with Gasteiger partial charge in [0.05, 0.1) is 19.3 Å². The molecule has 1 aromatic carbocycles. The molecule has 1 fully saturated rings. The van der Waals surface area contributed by atoms with Crippen molar-refractivity contribution < 1.29 is 13.9 Å². The van der Waals surface area contributed by atoms with Gasteiger partial charge < -0.3 is 15.0 Å². The third-order valence-electron chi connectivity index (χ3n) is 5.45. The van der Waals surface area contributed by atoms with Gasteiger partial charge in [-0.05, 0) is 19.1 Å². The van der Waals surface area contributed by atoms with E-state index in [-0.39, 0.29) is 18.3 Å². The molecule has 0 saturated carbocycles. The van der Waals surface area contributed by atoms with Gasteiger partial charge in [0.15, 0.2) is 5.65 Å². The Morgan fingerprint density at radius 2 is 2.03 bits per heavy atom. The normalized spacial score (nSPS) is 14.8. The highest BCUT2D eigenvalue weighted by Crippen LogP contribution is 2.30. The maximum Gasteiger partial charge on any atom is 0.242 e. The molecule has 1 N–H and O–H groups in total. The monoisotopic (exact) mass is 426 g/mol. The number of halogens is 1. The molecule has 0 atom stereocenters. The first kappa shape index (κ1) is 21.2. The fraction of sp³-hybridized carbons (Fsp3) is 0.409. The average molecular weight is 426 g/mol. The zero-order valence-electron chi connectivity index (χ0n) is 17.6. The molecule has 0 aliphatic carbocycles. The van der Waals surface area contributed by atoms with Gasteiger partial charge in [0.2, 0.25) is 5.91 Å². The van der Waals surface area contributed by atoms with Gasteiger partial charge >= 0.3 is 0 Å². The molecule has 31 heavy (non-hydrogen) atoms. The second-order valence-electron chi connectivity index (χ2n) is 7.37. The molecule has 1 saturated heterocycles. The smallest absolute Gasteiger partial charge is 0.242 e. The zero-order valence-corrected chi connectivity index (χ0v) is 17.6. The lowest BCUT2D eigenvalue weighted by Gasteiger charge is -2.34. The van der Waals surface area contributed by atoms with Gasteiger partial charge in [-0.15, -0.1) is 0 Å². The number of hydrogen-bond acceptors (Lipinski definition) is 6. The molecule has 3 heterocycles. The van der Waals surface area contributed by atoms with E-state index in [1.54, 1.807) is 41.2 Å². The van der Waals surface area contributed by atoms with E-state index in [4.69, 9.17) is 4.74 Å². The molecule has 9 heteroatoms. The molecular formula is C22H27FN6O2. The van der Waals surface area contributed by atoms with E-state index in [2.05, 4.69) is 20.2 Å². The highest BCUT2D eigenvalue weighted by atomic mass is 19.1. The minimum Gasteiger partial charge on any atom is -0.380 e. The maximum atomic E-state index is 14.4. The number of carbonyl (C=O) groups excluding carboxylic acids is 1. The second kappa shape index (κ2) is 9.84. The number of aromatic nitrogens is 3. The molecule has 0 unspecified atom stereocenters. The Morgan fingerprint density at radius 3 is 2.81 bits per heavy atom. The fourth-order valence-electron chi connectivity index (χ4n) is 3.75. The summed E-state index contributed by atoms with van der Waals surface area (Å²) in [6.45, 7) is 7.45. The molecule has 164 valence electrons. The molecule has 4 rings (SSSR count). The molecule has 8 nitrogen and oxygen atoms in total. The predicted molar refractivity (Wildman–Crippen MR) is 116 cm³/mol. The number of anilines is 1. The maximum absolute atomic E-state index is 14.4. The summed E-state index contributed by atoms with van der Waals surface area (Å²) in [5.41, 5.74) is 1.42. The Morgan fingerprint density at radius 1 is 1.23 bits per heavy atom. The molecule has 1 aliphatic heterocycles. The van der Waals surface area contributed by atoms with E-state index in [1.807, 2.05) is 11.8 Å². The van der Waals surface area contributed by atoms with Crippen molar-refractivity contribution in [2.24, 2.45) is 0 Å². The largest absolute Gasteiger partial charge is 0.380 e. The molecule has 3 aromatic rings. The van der Waals surface area contributed by atoms with Gasteiger partial charge in [0.25, 0.3) is 0 Å². The number of benzene rings is 1. The first-order chi connectivity index (χ1) is 15.2. The van der Waals surface area contributed by atoms with Crippen LogP contribution >= 0.6 is 0 Å². The summed E-state index contributed by atoms with van der Waals surface area (Å²) in [5, 5.41) is 3.19. The van der Waals surface area contributed by atoms with Crippen LogP contribution in [0.3, 0.4) is 0 Å². The summed E-state index contributed by atoms with van der Waals surface area (Å²) in [6, 6.07) is 6.48. The van der Waals surface area contributed by atoms with Crippen LogP contribution < -0.4 is 5.32 Å². The van der Waals surface area contributed by atoms with E-state index >= 15 is 0 Å². The molecule has 1 aliphatic rings. The average Bonchev–Trinajstić information content (AvgIpc) is 3.17. The Balaban J connectivity index is 1.44. The van der Waals surface area contributed by atoms with Crippen LogP contribution in [-0.2, 0) is 9.53 Å². The number of amides is 1. The number of nitrogens with zero attached hydrogens (tertiary/aromatic N) is 5. The quantitative estimate of drug-likeness (QED) is 0.557. The van der Waals surface area contributed by atoms with E-state index in [1.165, 1.54) is 6.07 Å². The summed E-state index contributed by atoms with van der Waals surface area (Å²) in [7, 11) is 0. The van der Waals surface area contributed by atoms with Crippen LogP contribution in [0.1, 0.15) is 6.92 Å². The van der Waals surface area contributed by atoms with Gasteiger partial charge in [-0.25, -0.2) is 9.37 Å². The SMILES string of the molecule is CCOCCN1CCN(C(=O)CNc2c(-c3ccccc3F)nc3cnccn23)CC1. The highest BCUT2D eigenvalue weighted by Gasteiger charge is 2.22. The van der Waals surface area contributed by atoms with Gasteiger partial charge in [-0.2, -0.15) is 0 Å². The van der Waals surface area contributed by atoms with Gasteiger partial charge in [-0.3, -0.25) is 19.1 Å². The summed E-state index contributed by atoms with van der Waals surface area (Å²) >= 11 is 0. The van der Waals surface area contributed by atoms with Gasteiger partial charge in [0, 0.05) is 57.3 Å². The third kappa shape index (κ3) is 4.83. The topological polar surface area (TPSA) is 75.0 Å². The van der Waals surface area contributed by atoms with Crippen LogP contribution in [0.5, 0.6) is 0 Å². The molecule has 2 aromatic heterocycles. The minimum absolute atomic E-state index is 0.00736. The Bertz CT molecular complexity index is 1030. The number of imidazole rings is 1. The lowest BCUT2D eigenvalue weighted by Crippen LogP contribution is -2.50. The lowest BCUT2D eigenvalue weighted by atomic mass is 10.1. The van der Waals surface area contributed by atoms with Crippen LogP contribution in [-0.4, -0.2) is 82.6 Å². The Labute approximate surface area is 180 Å². The van der Waals surface area contributed by atoms with Crippen molar-refractivity contribution in [3.05, 3.63) is 48.7 Å². The zero-order chi connectivity index (χ0) is 21.6. The van der Waals surface area contributed by atoms with Crippen LogP contribution in [0.25, 0.3) is 16.9 Å². The molecule has 0 bridgehead atoms. The molecule has 1 amide bonds. The van der Waals surface area contributed by atoms with Gasteiger partial charge in [0.1, 0.15) is 17.3 Å². The fourth-order valence-corrected chi connectivity index (χ4v) is 3.75. The van der Waals surface area contributed by atoms with Crippen molar-refractivity contribution in [3.63, 3.8) is 0 Å². The van der Waals surface area contributed by atoms with Crippen LogP contribution in [0.15, 0.2) is 42.9 Å². The van der Waals surface area contributed by atoms with E-state index < -0.39 is 0 Å². The van der Waals surface area contributed by atoms with E-state index in [0.717, 1.165) is 26.2 Å². The number of fused-ring (bicyclic) bond motifs is 1. The Kier molecular flexibility index (Phi) is 6.73. The number of nitrogens with one attached hydrogen (secondary N) is 1. The first-order valence-corrected chi connectivity index (χ1v) is 10.6. The van der Waals surface area contributed by atoms with Crippen molar-refractivity contribution in [1.29, 1.82) is 0 Å². The van der Waals surface area contributed by atoms with Crippen molar-refractivity contribution in [2.75, 3.05) is 57.8 Å². The number of ether oxygens (including phenoxy) is 1. The second-order valence-corrected chi connectivity index (χ2v) is 7.37. The lowest BCUT2D eigenvalue weighted by molar-refractivity contribution is -0.131. The number of piperazine rings is 1. The predicted octanol–water partition coefficient (Wildman–Crippen LogP) is 2.13. The first-order valence-electron chi connectivity index (χ1n) is 10.6. The number of rotatable bonds is 8. The van der Waals surface area contributed by atoms with Crippen molar-refractivity contribution in [2.45, 2.75) is 6.92 Å². The number of hydrogen-bond donors (Lipinski definition) is 1. The standard InChI is InChI=1S/C22H27FN6O2/c1-2-31-14-13-27-9-11-28(12-10-27)20(30)16-25-22-21(17-5-3-4-6-18(17)23)26-19-15-24-7-8-29(19)22/h3-8,15,25H,2,9-14,16H2,1H3. The van der Waals surface area contributed by atoms with Crippen molar-refractivity contribution in [1.82, 2.24) is 24.2 Å². The third-order valence-corrected chi connectivity index (χ3v) is 5.45. The van der Waals surface area contributed by atoms with E-state index in [0.29, 0.717) is 42.4 Å². The van der Waals surface area contributed by atoms with Crippen LogP contribution in [0.2, 0.25) is 0 Å². The van der Waals surface area contributed by atoms with Gasteiger partial charge in [-0.1, -0.05) is 12.1 Å². The molecule has 0 spiro atoms. The highest BCUT2D eigenvalue weighted by molar-refractivity contribution is 5.84. The summed E-state index contributed by atoms with van der Waals surface area (Å²) in [4.78, 5) is 25.6. The van der Waals surface area contributed by atoms with Crippen molar-refractivity contribution in [3.8, 4) is 11.3 Å². The number of carbonyl (C=O) groups is 1. The molecular weight excluding hydrogens is 399 g/mol. The Hall–Kier alpha value is -3.04. The molecule has 0 radical (unpaired) electrons. The summed E-state index contributed by atoms with van der Waals surface area (Å²) in [5.74, 6) is 0.218. The minimum atomic E-state index is -0.364. The van der Waals surface area contributed by atoms with Crippen LogP contribution in [0, 0.1) is 5.82 Å².